The zero-order chi connectivity index (χ0) is 14.0. The third kappa shape index (κ3) is 2.88. The SMILES string of the molecule is CC1(C(=O)Nc2ccc(C(N)=O)c(Cl)c2)CCCN1. The average molecular weight is 282 g/mol. The van der Waals surface area contributed by atoms with Crippen molar-refractivity contribution in [1.82, 2.24) is 5.32 Å². The number of carbonyl (C=O) groups is 2. The zero-order valence-corrected chi connectivity index (χ0v) is 11.4. The summed E-state index contributed by atoms with van der Waals surface area (Å²) in [6.07, 6.45) is 1.78. The Labute approximate surface area is 116 Å². The summed E-state index contributed by atoms with van der Waals surface area (Å²) in [4.78, 5) is 23.2. The molecule has 0 radical (unpaired) electrons. The van der Waals surface area contributed by atoms with Crippen molar-refractivity contribution in [2.45, 2.75) is 25.3 Å². The van der Waals surface area contributed by atoms with E-state index in [1.165, 1.54) is 12.1 Å². The molecule has 1 fully saturated rings. The van der Waals surface area contributed by atoms with Crippen molar-refractivity contribution in [2.75, 3.05) is 11.9 Å². The van der Waals surface area contributed by atoms with Crippen LogP contribution in [-0.2, 0) is 4.79 Å². The second-order valence-electron chi connectivity index (χ2n) is 4.88. The summed E-state index contributed by atoms with van der Waals surface area (Å²) in [6.45, 7) is 2.71. The molecule has 0 saturated carbocycles. The molecule has 2 amide bonds. The van der Waals surface area contributed by atoms with Crippen molar-refractivity contribution in [2.24, 2.45) is 5.73 Å². The van der Waals surface area contributed by atoms with E-state index in [-0.39, 0.29) is 16.5 Å². The maximum Gasteiger partial charge on any atom is 0.250 e. The number of nitrogens with two attached hydrogens (primary N) is 1. The number of rotatable bonds is 3. The Morgan fingerprint density at radius 3 is 2.74 bits per heavy atom. The molecule has 0 aromatic heterocycles. The molecule has 1 aliphatic rings. The molecule has 0 bridgehead atoms. The van der Waals surface area contributed by atoms with E-state index < -0.39 is 11.4 Å². The molecule has 1 aromatic rings. The van der Waals surface area contributed by atoms with Gasteiger partial charge in [-0.3, -0.25) is 9.59 Å². The molecule has 1 heterocycles. The predicted octanol–water partition coefficient (Wildman–Crippen LogP) is 1.52. The molecule has 1 unspecified atom stereocenters. The second-order valence-corrected chi connectivity index (χ2v) is 5.28. The molecule has 1 saturated heterocycles. The molecular formula is C13H16ClN3O2. The summed E-state index contributed by atoms with van der Waals surface area (Å²) < 4.78 is 0. The Morgan fingerprint density at radius 2 is 2.21 bits per heavy atom. The number of halogens is 1. The first kappa shape index (κ1) is 13.8. The van der Waals surface area contributed by atoms with Gasteiger partial charge in [0.25, 0.3) is 0 Å². The lowest BCUT2D eigenvalue weighted by Crippen LogP contribution is -2.47. The summed E-state index contributed by atoms with van der Waals surface area (Å²) >= 11 is 5.93. The van der Waals surface area contributed by atoms with Gasteiger partial charge < -0.3 is 16.4 Å². The van der Waals surface area contributed by atoms with E-state index in [4.69, 9.17) is 17.3 Å². The third-order valence-electron chi connectivity index (χ3n) is 3.36. The van der Waals surface area contributed by atoms with Gasteiger partial charge in [0, 0.05) is 5.69 Å². The standard InChI is InChI=1S/C13H16ClN3O2/c1-13(5-2-6-16-13)12(19)17-8-3-4-9(11(15)18)10(14)7-8/h3-4,7,16H,2,5-6H2,1H3,(H2,15,18)(H,17,19). The van der Waals surface area contributed by atoms with Gasteiger partial charge in [0.1, 0.15) is 0 Å². The van der Waals surface area contributed by atoms with Crippen molar-refractivity contribution < 1.29 is 9.59 Å². The predicted molar refractivity (Wildman–Crippen MR) is 74.2 cm³/mol. The van der Waals surface area contributed by atoms with E-state index in [1.807, 2.05) is 6.92 Å². The average Bonchev–Trinajstić information content (AvgIpc) is 2.77. The van der Waals surface area contributed by atoms with Crippen LogP contribution in [0.15, 0.2) is 18.2 Å². The first-order chi connectivity index (χ1) is 8.92. The number of carbonyl (C=O) groups excluding carboxylic acids is 2. The molecule has 5 nitrogen and oxygen atoms in total. The third-order valence-corrected chi connectivity index (χ3v) is 3.67. The van der Waals surface area contributed by atoms with Gasteiger partial charge in [-0.1, -0.05) is 11.6 Å². The van der Waals surface area contributed by atoms with Crippen LogP contribution >= 0.6 is 11.6 Å². The highest BCUT2D eigenvalue weighted by Crippen LogP contribution is 2.24. The van der Waals surface area contributed by atoms with Gasteiger partial charge in [-0.05, 0) is 44.5 Å². The highest BCUT2D eigenvalue weighted by molar-refractivity contribution is 6.34. The molecule has 4 N–H and O–H groups in total. The number of hydrogen-bond donors (Lipinski definition) is 3. The first-order valence-corrected chi connectivity index (χ1v) is 6.46. The zero-order valence-electron chi connectivity index (χ0n) is 10.6. The molecule has 1 aliphatic heterocycles. The van der Waals surface area contributed by atoms with E-state index in [9.17, 15) is 9.59 Å². The Hall–Kier alpha value is -1.59. The largest absolute Gasteiger partial charge is 0.366 e. The molecule has 2 rings (SSSR count). The molecule has 1 atom stereocenters. The topological polar surface area (TPSA) is 84.2 Å². The van der Waals surface area contributed by atoms with Gasteiger partial charge in [0.05, 0.1) is 16.1 Å². The quantitative estimate of drug-likeness (QED) is 0.785. The minimum Gasteiger partial charge on any atom is -0.366 e. The van der Waals surface area contributed by atoms with Gasteiger partial charge >= 0.3 is 0 Å². The van der Waals surface area contributed by atoms with E-state index >= 15 is 0 Å². The van der Waals surface area contributed by atoms with Crippen LogP contribution in [0.5, 0.6) is 0 Å². The number of nitrogens with one attached hydrogen (secondary N) is 2. The van der Waals surface area contributed by atoms with Crippen LogP contribution in [0.2, 0.25) is 5.02 Å². The van der Waals surface area contributed by atoms with Crippen LogP contribution in [0, 0.1) is 0 Å². The molecular weight excluding hydrogens is 266 g/mol. The van der Waals surface area contributed by atoms with Crippen LogP contribution in [0.3, 0.4) is 0 Å². The maximum absolute atomic E-state index is 12.2. The summed E-state index contributed by atoms with van der Waals surface area (Å²) in [5.74, 6) is -0.694. The minimum absolute atomic E-state index is 0.104. The lowest BCUT2D eigenvalue weighted by atomic mass is 9.99. The second kappa shape index (κ2) is 5.19. The van der Waals surface area contributed by atoms with E-state index in [1.54, 1.807) is 6.07 Å². The van der Waals surface area contributed by atoms with Gasteiger partial charge in [0.15, 0.2) is 0 Å². The molecule has 6 heteroatoms. The Balaban J connectivity index is 2.13. The molecule has 19 heavy (non-hydrogen) atoms. The maximum atomic E-state index is 12.2. The van der Waals surface area contributed by atoms with Gasteiger partial charge in [-0.25, -0.2) is 0 Å². The van der Waals surface area contributed by atoms with E-state index in [0.717, 1.165) is 19.4 Å². The summed E-state index contributed by atoms with van der Waals surface area (Å²) in [7, 11) is 0. The Bertz CT molecular complexity index is 525. The van der Waals surface area contributed by atoms with Crippen molar-refractivity contribution in [3.8, 4) is 0 Å². The fourth-order valence-electron chi connectivity index (χ4n) is 2.15. The van der Waals surface area contributed by atoms with Crippen LogP contribution in [0.25, 0.3) is 0 Å². The summed E-state index contributed by atoms with van der Waals surface area (Å²) in [5.41, 5.74) is 5.41. The molecule has 102 valence electrons. The highest BCUT2D eigenvalue weighted by atomic mass is 35.5. The monoisotopic (exact) mass is 281 g/mol. The normalized spacial score (nSPS) is 22.2. The van der Waals surface area contributed by atoms with Crippen molar-refractivity contribution in [3.63, 3.8) is 0 Å². The molecule has 0 aliphatic carbocycles. The smallest absolute Gasteiger partial charge is 0.250 e. The fourth-order valence-corrected chi connectivity index (χ4v) is 2.42. The van der Waals surface area contributed by atoms with Crippen LogP contribution in [0.1, 0.15) is 30.1 Å². The van der Waals surface area contributed by atoms with E-state index in [0.29, 0.717) is 5.69 Å². The Kier molecular flexibility index (Phi) is 3.78. The summed E-state index contributed by atoms with van der Waals surface area (Å²) in [5, 5.41) is 6.20. The number of hydrogen-bond acceptors (Lipinski definition) is 3. The highest BCUT2D eigenvalue weighted by Gasteiger charge is 2.35. The number of amides is 2. The van der Waals surface area contributed by atoms with Gasteiger partial charge in [0.2, 0.25) is 11.8 Å². The van der Waals surface area contributed by atoms with E-state index in [2.05, 4.69) is 10.6 Å². The molecule has 1 aromatic carbocycles. The molecule has 0 spiro atoms. The van der Waals surface area contributed by atoms with Crippen molar-refractivity contribution in [1.29, 1.82) is 0 Å². The Morgan fingerprint density at radius 1 is 1.47 bits per heavy atom. The van der Waals surface area contributed by atoms with Gasteiger partial charge in [-0.2, -0.15) is 0 Å². The van der Waals surface area contributed by atoms with Crippen LogP contribution < -0.4 is 16.4 Å². The number of primary amides is 1. The number of anilines is 1. The lowest BCUT2D eigenvalue weighted by molar-refractivity contribution is -0.121. The van der Waals surface area contributed by atoms with Gasteiger partial charge in [-0.15, -0.1) is 0 Å². The first-order valence-electron chi connectivity index (χ1n) is 6.08. The van der Waals surface area contributed by atoms with Crippen molar-refractivity contribution >= 4 is 29.1 Å². The van der Waals surface area contributed by atoms with Crippen molar-refractivity contribution in [3.05, 3.63) is 28.8 Å². The fraction of sp³-hybridized carbons (Fsp3) is 0.385. The van der Waals surface area contributed by atoms with Crippen LogP contribution in [-0.4, -0.2) is 23.9 Å². The summed E-state index contributed by atoms with van der Waals surface area (Å²) in [6, 6.07) is 4.64. The van der Waals surface area contributed by atoms with Crippen LogP contribution in [0.4, 0.5) is 5.69 Å². The lowest BCUT2D eigenvalue weighted by Gasteiger charge is -2.23. The number of benzene rings is 1. The minimum atomic E-state index is -0.590.